The molecule has 0 atom stereocenters. The molecule has 1 aliphatic heterocycles. The summed E-state index contributed by atoms with van der Waals surface area (Å²) < 4.78 is 5.29. The zero-order valence-electron chi connectivity index (χ0n) is 14.0. The molecule has 2 aromatic carbocycles. The summed E-state index contributed by atoms with van der Waals surface area (Å²) in [6.45, 7) is 0.162. The molecule has 27 heavy (non-hydrogen) atoms. The van der Waals surface area contributed by atoms with Gasteiger partial charge in [-0.25, -0.2) is 4.98 Å². The van der Waals surface area contributed by atoms with Crippen LogP contribution in [0.1, 0.15) is 16.2 Å². The van der Waals surface area contributed by atoms with Crippen molar-refractivity contribution in [3.05, 3.63) is 58.1 Å². The SMILES string of the molecule is [B]c1ccc2c(=O)[nH]c(C(=O)NCc3ccc4c(c3)NC(=O)CO4)nc2c1. The lowest BCUT2D eigenvalue weighted by Crippen LogP contribution is -2.28. The van der Waals surface area contributed by atoms with Crippen molar-refractivity contribution in [2.45, 2.75) is 6.54 Å². The molecule has 0 aliphatic carbocycles. The Morgan fingerprint density at radius 3 is 2.93 bits per heavy atom. The molecule has 1 aliphatic rings. The van der Waals surface area contributed by atoms with E-state index in [4.69, 9.17) is 12.6 Å². The topological polar surface area (TPSA) is 113 Å². The van der Waals surface area contributed by atoms with Crippen LogP contribution in [0.2, 0.25) is 0 Å². The van der Waals surface area contributed by atoms with Gasteiger partial charge in [0.15, 0.2) is 12.4 Å². The highest BCUT2D eigenvalue weighted by atomic mass is 16.5. The summed E-state index contributed by atoms with van der Waals surface area (Å²) in [4.78, 5) is 42.5. The smallest absolute Gasteiger partial charge is 0.287 e. The van der Waals surface area contributed by atoms with Gasteiger partial charge in [-0.3, -0.25) is 14.4 Å². The average Bonchev–Trinajstić information content (AvgIpc) is 2.65. The first-order valence-electron chi connectivity index (χ1n) is 8.13. The molecule has 2 heterocycles. The van der Waals surface area contributed by atoms with Crippen LogP contribution in [0.4, 0.5) is 5.69 Å². The Bertz CT molecular complexity index is 1140. The Morgan fingerprint density at radius 2 is 2.07 bits per heavy atom. The van der Waals surface area contributed by atoms with Crippen molar-refractivity contribution in [3.63, 3.8) is 0 Å². The molecule has 132 valence electrons. The number of hydrogen-bond donors (Lipinski definition) is 3. The molecule has 0 unspecified atom stereocenters. The van der Waals surface area contributed by atoms with Gasteiger partial charge in [-0.05, 0) is 29.8 Å². The Kier molecular flexibility index (Phi) is 4.11. The van der Waals surface area contributed by atoms with Gasteiger partial charge >= 0.3 is 0 Å². The van der Waals surface area contributed by atoms with E-state index in [0.29, 0.717) is 27.8 Å². The van der Waals surface area contributed by atoms with Gasteiger partial charge in [0, 0.05) is 6.54 Å². The number of rotatable bonds is 3. The highest BCUT2D eigenvalue weighted by Gasteiger charge is 2.16. The first kappa shape index (κ1) is 16.8. The maximum Gasteiger partial charge on any atom is 0.287 e. The van der Waals surface area contributed by atoms with E-state index in [1.807, 2.05) is 0 Å². The molecule has 4 rings (SSSR count). The van der Waals surface area contributed by atoms with Crippen LogP contribution in [0.25, 0.3) is 10.9 Å². The van der Waals surface area contributed by atoms with Gasteiger partial charge in [0.05, 0.1) is 16.6 Å². The number of fused-ring (bicyclic) bond motifs is 2. The summed E-state index contributed by atoms with van der Waals surface area (Å²) in [5, 5.41) is 5.74. The Balaban J connectivity index is 1.53. The van der Waals surface area contributed by atoms with Crippen molar-refractivity contribution < 1.29 is 14.3 Å². The zero-order valence-corrected chi connectivity index (χ0v) is 14.0. The van der Waals surface area contributed by atoms with E-state index in [-0.39, 0.29) is 24.9 Å². The van der Waals surface area contributed by atoms with Crippen molar-refractivity contribution in [2.24, 2.45) is 0 Å². The Hall–Kier alpha value is -3.62. The monoisotopic (exact) mass is 360 g/mol. The molecule has 2 radical (unpaired) electrons. The number of aromatic amines is 1. The van der Waals surface area contributed by atoms with Crippen molar-refractivity contribution in [3.8, 4) is 5.75 Å². The van der Waals surface area contributed by atoms with E-state index < -0.39 is 11.5 Å². The maximum absolute atomic E-state index is 12.4. The van der Waals surface area contributed by atoms with Crippen LogP contribution in [0.5, 0.6) is 5.75 Å². The van der Waals surface area contributed by atoms with Crippen molar-refractivity contribution in [1.29, 1.82) is 0 Å². The number of anilines is 1. The van der Waals surface area contributed by atoms with Crippen LogP contribution in [0.3, 0.4) is 0 Å². The fourth-order valence-corrected chi connectivity index (χ4v) is 2.77. The lowest BCUT2D eigenvalue weighted by Gasteiger charge is -2.18. The first-order chi connectivity index (χ1) is 13.0. The number of ether oxygens (including phenoxy) is 1. The Labute approximate surface area is 154 Å². The number of hydrogen-bond acceptors (Lipinski definition) is 5. The standard InChI is InChI=1S/C18H13BN4O4/c19-10-2-3-11-12(6-10)22-16(23-17(11)25)18(26)20-7-9-1-4-14-13(5-9)21-15(24)8-27-14/h1-6H,7-8H2,(H,20,26)(H,21,24)(H,22,23,25). The van der Waals surface area contributed by atoms with Gasteiger partial charge in [-0.2, -0.15) is 0 Å². The molecule has 0 saturated carbocycles. The molecule has 0 fully saturated rings. The average molecular weight is 360 g/mol. The maximum atomic E-state index is 12.4. The van der Waals surface area contributed by atoms with Gasteiger partial charge < -0.3 is 20.4 Å². The normalized spacial score (nSPS) is 12.8. The lowest BCUT2D eigenvalue weighted by molar-refractivity contribution is -0.118. The van der Waals surface area contributed by atoms with Crippen molar-refractivity contribution in [2.75, 3.05) is 11.9 Å². The molecule has 3 N–H and O–H groups in total. The van der Waals surface area contributed by atoms with E-state index >= 15 is 0 Å². The van der Waals surface area contributed by atoms with Crippen LogP contribution in [0, 0.1) is 0 Å². The van der Waals surface area contributed by atoms with Gasteiger partial charge in [0.2, 0.25) is 0 Å². The number of aromatic nitrogens is 2. The fourth-order valence-electron chi connectivity index (χ4n) is 2.77. The fraction of sp³-hybridized carbons (Fsp3) is 0.111. The third kappa shape index (κ3) is 3.39. The second kappa shape index (κ2) is 6.60. The minimum absolute atomic E-state index is 0.0193. The summed E-state index contributed by atoms with van der Waals surface area (Å²) in [6.07, 6.45) is 0. The van der Waals surface area contributed by atoms with Gasteiger partial charge in [0.1, 0.15) is 13.6 Å². The van der Waals surface area contributed by atoms with E-state index in [1.165, 1.54) is 6.07 Å². The van der Waals surface area contributed by atoms with E-state index in [0.717, 1.165) is 5.56 Å². The summed E-state index contributed by atoms with van der Waals surface area (Å²) in [5.74, 6) is -0.300. The number of carbonyl (C=O) groups is 2. The minimum atomic E-state index is -0.533. The molecule has 2 amide bonds. The first-order valence-corrected chi connectivity index (χ1v) is 8.13. The van der Waals surface area contributed by atoms with E-state index in [9.17, 15) is 14.4 Å². The van der Waals surface area contributed by atoms with Gasteiger partial charge in [-0.1, -0.05) is 17.6 Å². The molecular weight excluding hydrogens is 347 g/mol. The van der Waals surface area contributed by atoms with E-state index in [2.05, 4.69) is 20.6 Å². The second-order valence-electron chi connectivity index (χ2n) is 6.04. The van der Waals surface area contributed by atoms with Crippen LogP contribution in [-0.4, -0.2) is 36.2 Å². The number of nitrogens with one attached hydrogen (secondary N) is 3. The predicted molar refractivity (Wildman–Crippen MR) is 99.5 cm³/mol. The molecule has 0 saturated heterocycles. The molecule has 9 heteroatoms. The molecule has 8 nitrogen and oxygen atoms in total. The third-order valence-electron chi connectivity index (χ3n) is 4.08. The number of carbonyl (C=O) groups excluding carboxylic acids is 2. The second-order valence-corrected chi connectivity index (χ2v) is 6.04. The molecule has 3 aromatic rings. The highest BCUT2D eigenvalue weighted by Crippen LogP contribution is 2.28. The third-order valence-corrected chi connectivity index (χ3v) is 4.08. The van der Waals surface area contributed by atoms with Crippen LogP contribution in [0.15, 0.2) is 41.2 Å². The van der Waals surface area contributed by atoms with Crippen molar-refractivity contribution >= 4 is 41.7 Å². The summed E-state index contributed by atoms with van der Waals surface area (Å²) >= 11 is 0. The molecule has 0 bridgehead atoms. The predicted octanol–water partition coefficient (Wildman–Crippen LogP) is -0.0222. The summed E-state index contributed by atoms with van der Waals surface area (Å²) in [6, 6.07) is 9.89. The molecule has 1 aromatic heterocycles. The van der Waals surface area contributed by atoms with Gasteiger partial charge in [0.25, 0.3) is 17.4 Å². The van der Waals surface area contributed by atoms with Crippen LogP contribution < -0.4 is 26.4 Å². The van der Waals surface area contributed by atoms with Crippen LogP contribution in [-0.2, 0) is 11.3 Å². The number of H-pyrrole nitrogens is 1. The van der Waals surface area contributed by atoms with Gasteiger partial charge in [-0.15, -0.1) is 0 Å². The van der Waals surface area contributed by atoms with Crippen LogP contribution >= 0.6 is 0 Å². The summed E-state index contributed by atoms with van der Waals surface area (Å²) in [7, 11) is 5.71. The Morgan fingerprint density at radius 1 is 1.22 bits per heavy atom. The van der Waals surface area contributed by atoms with E-state index in [1.54, 1.807) is 30.3 Å². The van der Waals surface area contributed by atoms with Crippen molar-refractivity contribution in [1.82, 2.24) is 15.3 Å². The quantitative estimate of drug-likeness (QED) is 0.568. The highest BCUT2D eigenvalue weighted by molar-refractivity contribution is 6.33. The lowest BCUT2D eigenvalue weighted by atomic mass is 9.95. The molecule has 0 spiro atoms. The number of amides is 2. The number of benzene rings is 2. The largest absolute Gasteiger partial charge is 0.482 e. The summed E-state index contributed by atoms with van der Waals surface area (Å²) in [5.41, 5.74) is 1.67. The zero-order chi connectivity index (χ0) is 19.0. The molecular formula is C18H13BN4O4. The minimum Gasteiger partial charge on any atom is -0.482 e. The number of nitrogens with zero attached hydrogens (tertiary/aromatic N) is 1.